The lowest BCUT2D eigenvalue weighted by molar-refractivity contribution is 0.180. The van der Waals surface area contributed by atoms with Gasteiger partial charge in [0.15, 0.2) is 11.6 Å². The first-order valence-electron chi connectivity index (χ1n) is 9.27. The van der Waals surface area contributed by atoms with E-state index in [1.54, 1.807) is 0 Å². The third-order valence-electron chi connectivity index (χ3n) is 5.66. The van der Waals surface area contributed by atoms with Crippen LogP contribution in [0, 0.1) is 17.6 Å². The van der Waals surface area contributed by atoms with Gasteiger partial charge in [0, 0.05) is 0 Å². The fourth-order valence-electron chi connectivity index (χ4n) is 4.17. The number of benzene rings is 1. The average Bonchev–Trinajstić information content (AvgIpc) is 2.57. The molecule has 0 saturated heterocycles. The molecule has 1 aromatic carbocycles. The third kappa shape index (κ3) is 3.54. The Kier molecular flexibility index (Phi) is 5.23. The fraction of sp³-hybridized carbons (Fsp3) is 0.700. The summed E-state index contributed by atoms with van der Waals surface area (Å²) in [6.07, 6.45) is 9.71. The lowest BCUT2D eigenvalue weighted by Crippen LogP contribution is -2.22. The zero-order chi connectivity index (χ0) is 16.4. The number of ether oxygens (including phenoxy) is 1. The second-order valence-electron chi connectivity index (χ2n) is 7.41. The summed E-state index contributed by atoms with van der Waals surface area (Å²) in [7, 11) is 0. The van der Waals surface area contributed by atoms with Crippen LogP contribution in [0.1, 0.15) is 82.3 Å². The number of halogens is 2. The summed E-state index contributed by atoms with van der Waals surface area (Å²) >= 11 is 0. The van der Waals surface area contributed by atoms with Crippen molar-refractivity contribution in [1.82, 2.24) is 0 Å². The molecule has 0 radical (unpaired) electrons. The molecule has 1 heterocycles. The van der Waals surface area contributed by atoms with Gasteiger partial charge in [-0.3, -0.25) is 0 Å². The van der Waals surface area contributed by atoms with Gasteiger partial charge in [0.1, 0.15) is 0 Å². The number of aryl methyl sites for hydroxylation is 1. The highest BCUT2D eigenvalue weighted by Crippen LogP contribution is 2.42. The van der Waals surface area contributed by atoms with Crippen LogP contribution in [0.4, 0.5) is 8.78 Å². The van der Waals surface area contributed by atoms with Crippen molar-refractivity contribution in [2.75, 3.05) is 0 Å². The van der Waals surface area contributed by atoms with E-state index in [0.717, 1.165) is 50.0 Å². The quantitative estimate of drug-likeness (QED) is 0.646. The molecule has 1 nitrogen and oxygen atoms in total. The Balaban J connectivity index is 1.75. The van der Waals surface area contributed by atoms with Crippen LogP contribution < -0.4 is 4.74 Å². The van der Waals surface area contributed by atoms with Gasteiger partial charge in [-0.2, -0.15) is 4.39 Å². The van der Waals surface area contributed by atoms with E-state index >= 15 is 0 Å². The molecule has 128 valence electrons. The van der Waals surface area contributed by atoms with Crippen LogP contribution in [-0.4, -0.2) is 6.10 Å². The van der Waals surface area contributed by atoms with Gasteiger partial charge in [-0.05, 0) is 74.5 Å². The van der Waals surface area contributed by atoms with Crippen molar-refractivity contribution in [3.63, 3.8) is 0 Å². The number of rotatable bonds is 4. The normalized spacial score (nSPS) is 27.4. The summed E-state index contributed by atoms with van der Waals surface area (Å²) in [6, 6.07) is 1.89. The molecule has 1 aliphatic heterocycles. The Morgan fingerprint density at radius 2 is 1.83 bits per heavy atom. The highest BCUT2D eigenvalue weighted by molar-refractivity contribution is 5.42. The Hall–Kier alpha value is -1.12. The van der Waals surface area contributed by atoms with E-state index in [9.17, 15) is 8.78 Å². The van der Waals surface area contributed by atoms with Crippen LogP contribution in [0.15, 0.2) is 6.07 Å². The first-order chi connectivity index (χ1) is 11.1. The van der Waals surface area contributed by atoms with Gasteiger partial charge in [0.2, 0.25) is 5.82 Å². The largest absolute Gasteiger partial charge is 0.487 e. The minimum atomic E-state index is -0.767. The molecule has 1 aromatic rings. The molecule has 23 heavy (non-hydrogen) atoms. The fourth-order valence-corrected chi connectivity index (χ4v) is 4.17. The molecule has 0 spiro atoms. The average molecular weight is 322 g/mol. The molecule has 1 fully saturated rings. The number of hydrogen-bond donors (Lipinski definition) is 0. The highest BCUT2D eigenvalue weighted by Gasteiger charge is 2.30. The zero-order valence-corrected chi connectivity index (χ0v) is 14.3. The van der Waals surface area contributed by atoms with E-state index in [4.69, 9.17) is 4.74 Å². The lowest BCUT2D eigenvalue weighted by Gasteiger charge is -2.31. The topological polar surface area (TPSA) is 9.23 Å². The molecule has 3 rings (SSSR count). The number of hydrogen-bond acceptors (Lipinski definition) is 1. The van der Waals surface area contributed by atoms with Gasteiger partial charge in [-0.15, -0.1) is 0 Å². The zero-order valence-electron chi connectivity index (χ0n) is 14.3. The second kappa shape index (κ2) is 7.19. The Bertz CT molecular complexity index is 547. The summed E-state index contributed by atoms with van der Waals surface area (Å²) in [4.78, 5) is 0. The van der Waals surface area contributed by atoms with Crippen LogP contribution in [-0.2, 0) is 6.42 Å². The van der Waals surface area contributed by atoms with Gasteiger partial charge >= 0.3 is 0 Å². The first-order valence-corrected chi connectivity index (χ1v) is 9.27. The Labute approximate surface area is 138 Å². The van der Waals surface area contributed by atoms with Crippen molar-refractivity contribution < 1.29 is 13.5 Å². The summed E-state index contributed by atoms with van der Waals surface area (Å²) < 4.78 is 34.5. The molecule has 1 atom stereocenters. The first kappa shape index (κ1) is 16.7. The van der Waals surface area contributed by atoms with Crippen molar-refractivity contribution in [2.24, 2.45) is 5.92 Å². The van der Waals surface area contributed by atoms with Crippen LogP contribution in [0.5, 0.6) is 5.75 Å². The highest BCUT2D eigenvalue weighted by atomic mass is 19.2. The number of fused-ring (bicyclic) bond motifs is 1. The second-order valence-corrected chi connectivity index (χ2v) is 7.41. The molecular formula is C20H28F2O. The van der Waals surface area contributed by atoms with E-state index in [0.29, 0.717) is 5.56 Å². The summed E-state index contributed by atoms with van der Waals surface area (Å²) in [5.74, 6) is -0.332. The molecule has 0 N–H and O–H groups in total. The predicted octanol–water partition coefficient (Wildman–Crippen LogP) is 6.14. The van der Waals surface area contributed by atoms with Crippen molar-refractivity contribution in [3.05, 3.63) is 28.8 Å². The van der Waals surface area contributed by atoms with Crippen molar-refractivity contribution in [3.8, 4) is 5.75 Å². The van der Waals surface area contributed by atoms with Crippen molar-refractivity contribution >= 4 is 0 Å². The molecule has 1 aliphatic carbocycles. The molecule has 0 bridgehead atoms. The van der Waals surface area contributed by atoms with Gasteiger partial charge in [0.05, 0.1) is 6.10 Å². The van der Waals surface area contributed by atoms with Crippen molar-refractivity contribution in [2.45, 2.75) is 83.7 Å². The van der Waals surface area contributed by atoms with Gasteiger partial charge < -0.3 is 4.74 Å². The molecule has 0 aromatic heterocycles. The summed E-state index contributed by atoms with van der Waals surface area (Å²) in [5.41, 5.74) is 1.44. The minimum absolute atomic E-state index is 0.0312. The van der Waals surface area contributed by atoms with Gasteiger partial charge in [0.25, 0.3) is 0 Å². The standard InChI is InChI=1S/C20H28F2O/c1-3-4-5-14-7-10-15(11-8-14)17-12-16-9-6-13(2)23-20(16)19(22)18(17)21/h12-15H,3-11H2,1-2H3. The van der Waals surface area contributed by atoms with Crippen molar-refractivity contribution in [1.29, 1.82) is 0 Å². The summed E-state index contributed by atoms with van der Waals surface area (Å²) in [5, 5.41) is 0. The van der Waals surface area contributed by atoms with Crippen LogP contribution in [0.2, 0.25) is 0 Å². The molecule has 3 heteroatoms. The van der Waals surface area contributed by atoms with E-state index in [1.165, 1.54) is 19.3 Å². The van der Waals surface area contributed by atoms with E-state index in [-0.39, 0.29) is 17.8 Å². The maximum Gasteiger partial charge on any atom is 0.201 e. The van der Waals surface area contributed by atoms with Crippen LogP contribution in [0.25, 0.3) is 0 Å². The van der Waals surface area contributed by atoms with E-state index in [1.807, 2.05) is 13.0 Å². The lowest BCUT2D eigenvalue weighted by atomic mass is 9.76. The maximum absolute atomic E-state index is 14.5. The summed E-state index contributed by atoms with van der Waals surface area (Å²) in [6.45, 7) is 4.13. The van der Waals surface area contributed by atoms with Crippen LogP contribution in [0.3, 0.4) is 0 Å². The molecule has 1 saturated carbocycles. The van der Waals surface area contributed by atoms with Gasteiger partial charge in [-0.1, -0.05) is 26.2 Å². The minimum Gasteiger partial charge on any atom is -0.487 e. The maximum atomic E-state index is 14.5. The Morgan fingerprint density at radius 1 is 1.09 bits per heavy atom. The van der Waals surface area contributed by atoms with Gasteiger partial charge in [-0.25, -0.2) is 4.39 Å². The van der Waals surface area contributed by atoms with Crippen LogP contribution >= 0.6 is 0 Å². The number of unbranched alkanes of at least 4 members (excludes halogenated alkanes) is 1. The Morgan fingerprint density at radius 3 is 2.52 bits per heavy atom. The SMILES string of the molecule is CCCCC1CCC(c2cc3c(c(F)c2F)OC(C)CC3)CC1. The molecule has 1 unspecified atom stereocenters. The molecule has 2 aliphatic rings. The molecule has 0 amide bonds. The third-order valence-corrected chi connectivity index (χ3v) is 5.66. The molecular weight excluding hydrogens is 294 g/mol. The smallest absolute Gasteiger partial charge is 0.201 e. The monoisotopic (exact) mass is 322 g/mol. The van der Waals surface area contributed by atoms with E-state index < -0.39 is 11.6 Å². The van der Waals surface area contributed by atoms with E-state index in [2.05, 4.69) is 6.92 Å². The predicted molar refractivity (Wildman–Crippen MR) is 89.0 cm³/mol.